The highest BCUT2D eigenvalue weighted by molar-refractivity contribution is 5.94. The number of carbonyl (C=O) groups excluding carboxylic acids is 1. The molecule has 0 aliphatic carbocycles. The maximum atomic E-state index is 13.6. The zero-order valence-electron chi connectivity index (χ0n) is 11.8. The molecule has 1 aliphatic heterocycles. The molecule has 4 nitrogen and oxygen atoms in total. The molecule has 0 atom stereocenters. The van der Waals surface area contributed by atoms with Crippen molar-refractivity contribution >= 4 is 5.91 Å². The van der Waals surface area contributed by atoms with Crippen LogP contribution in [0.15, 0.2) is 12.3 Å². The van der Waals surface area contributed by atoms with Crippen LogP contribution in [0.2, 0.25) is 0 Å². The molecule has 1 aromatic rings. The minimum atomic E-state index is -1.22. The van der Waals surface area contributed by atoms with E-state index < -0.39 is 17.7 Å². The second-order valence-corrected chi connectivity index (χ2v) is 5.46. The number of amides is 1. The van der Waals surface area contributed by atoms with E-state index in [1.165, 1.54) is 6.07 Å². The monoisotopic (exact) mass is 283 g/mol. The number of hydrogen-bond acceptors (Lipinski definition) is 3. The number of hydrogen-bond donors (Lipinski definition) is 0. The van der Waals surface area contributed by atoms with Crippen LogP contribution in [0, 0.1) is 17.7 Å². The minimum absolute atomic E-state index is 0.233. The number of halogens is 2. The molecular weight excluding hydrogens is 264 g/mol. The van der Waals surface area contributed by atoms with Crippen LogP contribution in [-0.2, 0) is 0 Å². The van der Waals surface area contributed by atoms with E-state index in [9.17, 15) is 13.6 Å². The zero-order chi connectivity index (χ0) is 14.7. The van der Waals surface area contributed by atoms with Crippen LogP contribution < -0.4 is 0 Å². The molecule has 0 radical (unpaired) electrons. The van der Waals surface area contributed by atoms with Crippen LogP contribution in [0.3, 0.4) is 0 Å². The number of nitrogens with zero attached hydrogens (tertiary/aromatic N) is 3. The van der Waals surface area contributed by atoms with Gasteiger partial charge in [-0.15, -0.1) is 0 Å². The van der Waals surface area contributed by atoms with E-state index in [0.717, 1.165) is 25.6 Å². The van der Waals surface area contributed by atoms with E-state index in [1.807, 2.05) is 14.1 Å². The SMILES string of the molecule is CN(C)CC1CCN(C(=O)c2ccnc(F)c2F)CC1. The molecule has 6 heteroatoms. The van der Waals surface area contributed by atoms with Crippen LogP contribution in [-0.4, -0.2) is 54.4 Å². The first-order valence-electron chi connectivity index (χ1n) is 6.73. The normalized spacial score (nSPS) is 16.8. The Morgan fingerprint density at radius 3 is 2.65 bits per heavy atom. The highest BCUT2D eigenvalue weighted by Gasteiger charge is 2.26. The lowest BCUT2D eigenvalue weighted by Crippen LogP contribution is -2.41. The van der Waals surface area contributed by atoms with Gasteiger partial charge >= 0.3 is 0 Å². The fourth-order valence-corrected chi connectivity index (χ4v) is 2.59. The molecule has 1 aliphatic rings. The lowest BCUT2D eigenvalue weighted by molar-refractivity contribution is 0.0672. The summed E-state index contributed by atoms with van der Waals surface area (Å²) >= 11 is 0. The fraction of sp³-hybridized carbons (Fsp3) is 0.571. The summed E-state index contributed by atoms with van der Waals surface area (Å²) in [6.07, 6.45) is 2.89. The quantitative estimate of drug-likeness (QED) is 0.793. The molecule has 0 aromatic carbocycles. The van der Waals surface area contributed by atoms with E-state index in [-0.39, 0.29) is 5.56 Å². The van der Waals surface area contributed by atoms with Gasteiger partial charge < -0.3 is 9.80 Å². The van der Waals surface area contributed by atoms with Crippen LogP contribution in [0.25, 0.3) is 0 Å². The highest BCUT2D eigenvalue weighted by Crippen LogP contribution is 2.20. The van der Waals surface area contributed by atoms with Gasteiger partial charge in [0.2, 0.25) is 5.95 Å². The van der Waals surface area contributed by atoms with Gasteiger partial charge in [0, 0.05) is 25.8 Å². The Bertz CT molecular complexity index is 485. The van der Waals surface area contributed by atoms with Crippen molar-refractivity contribution in [1.29, 1.82) is 0 Å². The van der Waals surface area contributed by atoms with Crippen molar-refractivity contribution in [3.05, 3.63) is 29.6 Å². The van der Waals surface area contributed by atoms with Crippen molar-refractivity contribution in [3.8, 4) is 0 Å². The predicted octanol–water partition coefficient (Wildman–Crippen LogP) is 1.77. The zero-order valence-corrected chi connectivity index (χ0v) is 11.8. The van der Waals surface area contributed by atoms with Gasteiger partial charge in [0.15, 0.2) is 5.82 Å². The van der Waals surface area contributed by atoms with Crippen LogP contribution in [0.5, 0.6) is 0 Å². The summed E-state index contributed by atoms with van der Waals surface area (Å²) in [4.78, 5) is 19.1. The molecule has 0 bridgehead atoms. The average molecular weight is 283 g/mol. The van der Waals surface area contributed by atoms with Crippen molar-refractivity contribution in [2.75, 3.05) is 33.7 Å². The minimum Gasteiger partial charge on any atom is -0.339 e. The number of likely N-dealkylation sites (tertiary alicyclic amines) is 1. The number of piperidine rings is 1. The molecule has 0 spiro atoms. The first-order chi connectivity index (χ1) is 9.49. The molecule has 0 N–H and O–H groups in total. The Morgan fingerprint density at radius 1 is 1.40 bits per heavy atom. The molecule has 0 unspecified atom stereocenters. The fourth-order valence-electron chi connectivity index (χ4n) is 2.59. The topological polar surface area (TPSA) is 36.4 Å². The van der Waals surface area contributed by atoms with Crippen molar-refractivity contribution < 1.29 is 13.6 Å². The van der Waals surface area contributed by atoms with E-state index in [4.69, 9.17) is 0 Å². The number of rotatable bonds is 3. The number of aromatic nitrogens is 1. The standard InChI is InChI=1S/C14H19F2N3O/c1-18(2)9-10-4-7-19(8-5-10)14(20)11-3-6-17-13(16)12(11)15/h3,6,10H,4-5,7-9H2,1-2H3. The van der Waals surface area contributed by atoms with E-state index in [0.29, 0.717) is 19.0 Å². The third-order valence-electron chi connectivity index (χ3n) is 3.60. The van der Waals surface area contributed by atoms with Crippen molar-refractivity contribution in [2.45, 2.75) is 12.8 Å². The average Bonchev–Trinajstić information content (AvgIpc) is 2.41. The Labute approximate surface area is 117 Å². The van der Waals surface area contributed by atoms with Crippen molar-refractivity contribution in [1.82, 2.24) is 14.8 Å². The molecule has 20 heavy (non-hydrogen) atoms. The summed E-state index contributed by atoms with van der Waals surface area (Å²) in [5.74, 6) is -2.29. The Hall–Kier alpha value is -1.56. The first-order valence-corrected chi connectivity index (χ1v) is 6.73. The summed E-state index contributed by atoms with van der Waals surface area (Å²) in [5.41, 5.74) is -0.233. The molecule has 110 valence electrons. The Kier molecular flexibility index (Phi) is 4.65. The van der Waals surface area contributed by atoms with Crippen molar-refractivity contribution in [3.63, 3.8) is 0 Å². The van der Waals surface area contributed by atoms with Crippen LogP contribution >= 0.6 is 0 Å². The molecule has 1 aromatic heterocycles. The van der Waals surface area contributed by atoms with Gasteiger partial charge in [0.1, 0.15) is 0 Å². The largest absolute Gasteiger partial charge is 0.339 e. The summed E-state index contributed by atoms with van der Waals surface area (Å²) in [7, 11) is 4.04. The first kappa shape index (κ1) is 14.8. The predicted molar refractivity (Wildman–Crippen MR) is 71.3 cm³/mol. The summed E-state index contributed by atoms with van der Waals surface area (Å²) in [6.45, 7) is 2.15. The van der Waals surface area contributed by atoms with E-state index in [1.54, 1.807) is 4.90 Å². The number of carbonyl (C=O) groups is 1. The molecule has 2 heterocycles. The third kappa shape index (κ3) is 3.30. The lowest BCUT2D eigenvalue weighted by Gasteiger charge is -2.33. The van der Waals surface area contributed by atoms with Gasteiger partial charge in [0.05, 0.1) is 5.56 Å². The Balaban J connectivity index is 2.00. The molecule has 0 saturated carbocycles. The molecular formula is C14H19F2N3O. The third-order valence-corrected chi connectivity index (χ3v) is 3.60. The summed E-state index contributed by atoms with van der Waals surface area (Å²) in [6, 6.07) is 1.23. The second kappa shape index (κ2) is 6.26. The molecule has 1 amide bonds. The number of pyridine rings is 1. The van der Waals surface area contributed by atoms with Gasteiger partial charge in [-0.1, -0.05) is 0 Å². The second-order valence-electron chi connectivity index (χ2n) is 5.46. The summed E-state index contributed by atoms with van der Waals surface area (Å²) < 4.78 is 26.6. The summed E-state index contributed by atoms with van der Waals surface area (Å²) in [5, 5.41) is 0. The van der Waals surface area contributed by atoms with Crippen LogP contribution in [0.1, 0.15) is 23.2 Å². The molecule has 1 fully saturated rings. The molecule has 1 saturated heterocycles. The lowest BCUT2D eigenvalue weighted by atomic mass is 9.96. The van der Waals surface area contributed by atoms with E-state index in [2.05, 4.69) is 9.88 Å². The van der Waals surface area contributed by atoms with Gasteiger partial charge in [-0.05, 0) is 38.9 Å². The Morgan fingerprint density at radius 2 is 2.05 bits per heavy atom. The van der Waals surface area contributed by atoms with Crippen molar-refractivity contribution in [2.24, 2.45) is 5.92 Å². The van der Waals surface area contributed by atoms with Gasteiger partial charge in [0.25, 0.3) is 5.91 Å². The van der Waals surface area contributed by atoms with Gasteiger partial charge in [-0.25, -0.2) is 9.37 Å². The molecule has 2 rings (SSSR count). The van der Waals surface area contributed by atoms with Crippen LogP contribution in [0.4, 0.5) is 8.78 Å². The smallest absolute Gasteiger partial charge is 0.257 e. The maximum absolute atomic E-state index is 13.6. The van der Waals surface area contributed by atoms with E-state index >= 15 is 0 Å². The maximum Gasteiger partial charge on any atom is 0.257 e. The highest BCUT2D eigenvalue weighted by atomic mass is 19.2. The van der Waals surface area contributed by atoms with Gasteiger partial charge in [-0.3, -0.25) is 4.79 Å². The van der Waals surface area contributed by atoms with Gasteiger partial charge in [-0.2, -0.15) is 4.39 Å².